The van der Waals surface area contributed by atoms with E-state index < -0.39 is 11.6 Å². The minimum absolute atomic E-state index is 0.321. The van der Waals surface area contributed by atoms with Crippen molar-refractivity contribution in [3.63, 3.8) is 0 Å². The number of rotatable bonds is 6. The Balaban J connectivity index is 1.50. The molecule has 2 N–H and O–H groups in total. The highest BCUT2D eigenvalue weighted by atomic mass is 19.1. The summed E-state index contributed by atoms with van der Waals surface area (Å²) in [5, 5.41) is 6.18. The zero-order valence-electron chi connectivity index (χ0n) is 14.9. The number of hydrogen-bond acceptors (Lipinski definition) is 3. The molecule has 0 unspecified atom stereocenters. The van der Waals surface area contributed by atoms with Crippen molar-refractivity contribution < 1.29 is 13.2 Å². The van der Waals surface area contributed by atoms with E-state index in [0.717, 1.165) is 23.4 Å². The van der Waals surface area contributed by atoms with Crippen LogP contribution < -0.4 is 10.6 Å². The Labute approximate surface area is 156 Å². The summed E-state index contributed by atoms with van der Waals surface area (Å²) in [5.74, 6) is 0.222. The molecule has 0 radical (unpaired) electrons. The summed E-state index contributed by atoms with van der Waals surface area (Å²) < 4.78 is 32.3. The summed E-state index contributed by atoms with van der Waals surface area (Å²) in [6.45, 7) is 0.832. The van der Waals surface area contributed by atoms with Crippen LogP contribution in [-0.4, -0.2) is 24.5 Å². The minimum Gasteiger partial charge on any atom is -0.444 e. The molecule has 0 spiro atoms. The van der Waals surface area contributed by atoms with Crippen LogP contribution in [0.2, 0.25) is 0 Å². The van der Waals surface area contributed by atoms with Crippen LogP contribution >= 0.6 is 0 Å². The fourth-order valence-electron chi connectivity index (χ4n) is 2.55. The minimum atomic E-state index is -0.450. The lowest BCUT2D eigenvalue weighted by molar-refractivity contribution is 0.572. The first-order valence-electron chi connectivity index (χ1n) is 8.54. The molecular formula is C20H20F2N4O. The van der Waals surface area contributed by atoms with E-state index in [-0.39, 0.29) is 0 Å². The van der Waals surface area contributed by atoms with Crippen molar-refractivity contribution in [1.82, 2.24) is 15.6 Å². The molecule has 3 aromatic rings. The van der Waals surface area contributed by atoms with E-state index in [9.17, 15) is 8.78 Å². The molecule has 7 heteroatoms. The SMILES string of the molecule is CN=C(NCCc1cc(F)ccc1F)NCc1coc(-c2ccccc2)n1. The Morgan fingerprint density at radius 2 is 1.93 bits per heavy atom. The normalized spacial score (nSPS) is 11.4. The quantitative estimate of drug-likeness (QED) is 0.515. The van der Waals surface area contributed by atoms with Crippen molar-refractivity contribution in [3.05, 3.63) is 77.7 Å². The molecule has 1 aromatic heterocycles. The van der Waals surface area contributed by atoms with Gasteiger partial charge in [0.25, 0.3) is 0 Å². The van der Waals surface area contributed by atoms with Gasteiger partial charge in [0, 0.05) is 19.2 Å². The van der Waals surface area contributed by atoms with Crippen molar-refractivity contribution in [3.8, 4) is 11.5 Å². The highest BCUT2D eigenvalue weighted by Crippen LogP contribution is 2.17. The molecule has 0 saturated heterocycles. The molecule has 0 bridgehead atoms. The van der Waals surface area contributed by atoms with Gasteiger partial charge in [0.05, 0.1) is 12.2 Å². The summed E-state index contributed by atoms with van der Waals surface area (Å²) >= 11 is 0. The van der Waals surface area contributed by atoms with Crippen LogP contribution in [0.1, 0.15) is 11.3 Å². The second-order valence-electron chi connectivity index (χ2n) is 5.85. The Kier molecular flexibility index (Phi) is 6.14. The lowest BCUT2D eigenvalue weighted by atomic mass is 10.1. The summed E-state index contributed by atoms with van der Waals surface area (Å²) in [7, 11) is 1.64. The van der Waals surface area contributed by atoms with Gasteiger partial charge in [-0.1, -0.05) is 18.2 Å². The van der Waals surface area contributed by atoms with Crippen LogP contribution in [-0.2, 0) is 13.0 Å². The number of nitrogens with zero attached hydrogens (tertiary/aromatic N) is 2. The molecule has 3 rings (SSSR count). The first kappa shape index (κ1) is 18.6. The highest BCUT2D eigenvalue weighted by molar-refractivity contribution is 5.79. The summed E-state index contributed by atoms with van der Waals surface area (Å²) in [5.41, 5.74) is 1.96. The topological polar surface area (TPSA) is 62.5 Å². The van der Waals surface area contributed by atoms with Crippen LogP contribution in [0.5, 0.6) is 0 Å². The molecule has 2 aromatic carbocycles. The zero-order valence-corrected chi connectivity index (χ0v) is 14.9. The average Bonchev–Trinajstić information content (AvgIpc) is 3.17. The second-order valence-corrected chi connectivity index (χ2v) is 5.85. The standard InChI is InChI=1S/C20H20F2N4O/c1-23-20(24-10-9-15-11-16(21)7-8-18(15)22)25-12-17-13-27-19(26-17)14-5-3-2-4-6-14/h2-8,11,13H,9-10,12H2,1H3,(H2,23,24,25). The van der Waals surface area contributed by atoms with Crippen LogP contribution in [0.3, 0.4) is 0 Å². The number of aromatic nitrogens is 1. The maximum Gasteiger partial charge on any atom is 0.226 e. The van der Waals surface area contributed by atoms with Gasteiger partial charge in [0.15, 0.2) is 5.96 Å². The Bertz CT molecular complexity index is 909. The first-order chi connectivity index (χ1) is 13.2. The van der Waals surface area contributed by atoms with Crippen molar-refractivity contribution in [2.45, 2.75) is 13.0 Å². The summed E-state index contributed by atoms with van der Waals surface area (Å²) in [4.78, 5) is 8.54. The van der Waals surface area contributed by atoms with Crippen molar-refractivity contribution in [2.75, 3.05) is 13.6 Å². The van der Waals surface area contributed by atoms with E-state index in [2.05, 4.69) is 20.6 Å². The van der Waals surface area contributed by atoms with E-state index in [0.29, 0.717) is 36.9 Å². The lowest BCUT2D eigenvalue weighted by Crippen LogP contribution is -2.38. The second kappa shape index (κ2) is 8.93. The van der Waals surface area contributed by atoms with Gasteiger partial charge in [0.1, 0.15) is 17.9 Å². The molecule has 140 valence electrons. The molecular weight excluding hydrogens is 350 g/mol. The number of hydrogen-bond donors (Lipinski definition) is 2. The number of guanidine groups is 1. The first-order valence-corrected chi connectivity index (χ1v) is 8.54. The van der Waals surface area contributed by atoms with Crippen molar-refractivity contribution >= 4 is 5.96 Å². The largest absolute Gasteiger partial charge is 0.444 e. The van der Waals surface area contributed by atoms with Gasteiger partial charge in [-0.15, -0.1) is 0 Å². The Morgan fingerprint density at radius 1 is 1.11 bits per heavy atom. The number of aliphatic imine (C=N–C) groups is 1. The zero-order chi connectivity index (χ0) is 19.1. The van der Waals surface area contributed by atoms with E-state index in [1.165, 1.54) is 6.07 Å². The molecule has 5 nitrogen and oxygen atoms in total. The predicted molar refractivity (Wildman–Crippen MR) is 100 cm³/mol. The molecule has 27 heavy (non-hydrogen) atoms. The number of oxazole rings is 1. The van der Waals surface area contributed by atoms with E-state index in [1.54, 1.807) is 13.3 Å². The van der Waals surface area contributed by atoms with Crippen LogP contribution in [0.15, 0.2) is 64.2 Å². The van der Waals surface area contributed by atoms with E-state index in [1.807, 2.05) is 30.3 Å². The van der Waals surface area contributed by atoms with Gasteiger partial charge in [0.2, 0.25) is 5.89 Å². The molecule has 0 aliphatic heterocycles. The monoisotopic (exact) mass is 370 g/mol. The average molecular weight is 370 g/mol. The Morgan fingerprint density at radius 3 is 2.70 bits per heavy atom. The van der Waals surface area contributed by atoms with Crippen molar-refractivity contribution in [2.24, 2.45) is 4.99 Å². The van der Waals surface area contributed by atoms with Gasteiger partial charge in [-0.3, -0.25) is 4.99 Å². The third-order valence-corrected chi connectivity index (χ3v) is 3.93. The molecule has 0 fully saturated rings. The molecule has 0 aliphatic carbocycles. The van der Waals surface area contributed by atoms with E-state index in [4.69, 9.17) is 4.42 Å². The van der Waals surface area contributed by atoms with Gasteiger partial charge in [-0.25, -0.2) is 13.8 Å². The van der Waals surface area contributed by atoms with Gasteiger partial charge in [-0.05, 0) is 42.3 Å². The molecule has 0 saturated carbocycles. The maximum atomic E-state index is 13.6. The van der Waals surface area contributed by atoms with Gasteiger partial charge < -0.3 is 15.1 Å². The third-order valence-electron chi connectivity index (χ3n) is 3.93. The number of benzene rings is 2. The molecule has 0 aliphatic rings. The molecule has 0 amide bonds. The fourth-order valence-corrected chi connectivity index (χ4v) is 2.55. The van der Waals surface area contributed by atoms with Gasteiger partial charge >= 0.3 is 0 Å². The molecule has 0 atom stereocenters. The third kappa shape index (κ3) is 5.13. The van der Waals surface area contributed by atoms with Crippen molar-refractivity contribution in [1.29, 1.82) is 0 Å². The van der Waals surface area contributed by atoms with Crippen LogP contribution in [0.4, 0.5) is 8.78 Å². The Hall–Kier alpha value is -3.22. The summed E-state index contributed by atoms with van der Waals surface area (Å²) in [6.07, 6.45) is 1.93. The van der Waals surface area contributed by atoms with Crippen LogP contribution in [0.25, 0.3) is 11.5 Å². The lowest BCUT2D eigenvalue weighted by Gasteiger charge is -2.11. The number of halogens is 2. The predicted octanol–water partition coefficient (Wildman–Crippen LogP) is 3.53. The maximum absolute atomic E-state index is 13.6. The van der Waals surface area contributed by atoms with E-state index >= 15 is 0 Å². The van der Waals surface area contributed by atoms with Gasteiger partial charge in [-0.2, -0.15) is 0 Å². The number of nitrogens with one attached hydrogen (secondary N) is 2. The highest BCUT2D eigenvalue weighted by Gasteiger charge is 2.08. The van der Waals surface area contributed by atoms with Crippen LogP contribution in [0, 0.1) is 11.6 Å². The molecule has 1 heterocycles. The summed E-state index contributed by atoms with van der Waals surface area (Å²) in [6, 6.07) is 13.1. The fraction of sp³-hybridized carbons (Fsp3) is 0.200. The smallest absolute Gasteiger partial charge is 0.226 e.